The SMILES string of the molecule is CCNC(=NCc1ccc(-n2nc(C)cc2C)nc1)NCC1COc2ccccc2O1. The Balaban J connectivity index is 1.35. The molecule has 31 heavy (non-hydrogen) atoms. The summed E-state index contributed by atoms with van der Waals surface area (Å²) in [6.07, 6.45) is 1.76. The number of benzene rings is 1. The van der Waals surface area contributed by atoms with Gasteiger partial charge in [0.2, 0.25) is 0 Å². The lowest BCUT2D eigenvalue weighted by Crippen LogP contribution is -2.45. The number of nitrogens with zero attached hydrogens (tertiary/aromatic N) is 4. The van der Waals surface area contributed by atoms with E-state index < -0.39 is 0 Å². The average molecular weight is 421 g/mol. The zero-order chi connectivity index (χ0) is 21.6. The van der Waals surface area contributed by atoms with E-state index in [1.165, 1.54) is 0 Å². The summed E-state index contributed by atoms with van der Waals surface area (Å²) in [7, 11) is 0. The predicted molar refractivity (Wildman–Crippen MR) is 120 cm³/mol. The van der Waals surface area contributed by atoms with Crippen molar-refractivity contribution in [1.82, 2.24) is 25.4 Å². The van der Waals surface area contributed by atoms with Gasteiger partial charge < -0.3 is 20.1 Å². The number of aliphatic imine (C=N–C) groups is 1. The van der Waals surface area contributed by atoms with E-state index in [0.29, 0.717) is 19.7 Å². The van der Waals surface area contributed by atoms with Crippen LogP contribution < -0.4 is 20.1 Å². The van der Waals surface area contributed by atoms with Crippen molar-refractivity contribution in [2.75, 3.05) is 19.7 Å². The highest BCUT2D eigenvalue weighted by Gasteiger charge is 2.20. The summed E-state index contributed by atoms with van der Waals surface area (Å²) < 4.78 is 13.6. The van der Waals surface area contributed by atoms with E-state index in [-0.39, 0.29) is 6.10 Å². The fraction of sp³-hybridized carbons (Fsp3) is 0.348. The summed E-state index contributed by atoms with van der Waals surface area (Å²) in [5.74, 6) is 3.10. The molecule has 1 aromatic carbocycles. The molecule has 162 valence electrons. The number of hydrogen-bond donors (Lipinski definition) is 2. The number of pyridine rings is 1. The molecule has 8 heteroatoms. The molecule has 0 bridgehead atoms. The van der Waals surface area contributed by atoms with Gasteiger partial charge in [0.1, 0.15) is 12.7 Å². The lowest BCUT2D eigenvalue weighted by Gasteiger charge is -2.27. The summed E-state index contributed by atoms with van der Waals surface area (Å²) in [6.45, 7) is 8.42. The minimum Gasteiger partial charge on any atom is -0.486 e. The van der Waals surface area contributed by atoms with Crippen LogP contribution in [0.1, 0.15) is 23.9 Å². The zero-order valence-corrected chi connectivity index (χ0v) is 18.1. The normalized spacial score (nSPS) is 15.6. The molecule has 1 aliphatic heterocycles. The highest BCUT2D eigenvalue weighted by atomic mass is 16.6. The van der Waals surface area contributed by atoms with Gasteiger partial charge in [0.05, 0.1) is 18.8 Å². The molecule has 3 heterocycles. The van der Waals surface area contributed by atoms with Crippen LogP contribution in [0.3, 0.4) is 0 Å². The third-order valence-corrected chi connectivity index (χ3v) is 4.86. The fourth-order valence-electron chi connectivity index (χ4n) is 3.38. The number of fused-ring (bicyclic) bond motifs is 1. The van der Waals surface area contributed by atoms with Crippen LogP contribution in [0.5, 0.6) is 11.5 Å². The second-order valence-electron chi connectivity index (χ2n) is 7.44. The van der Waals surface area contributed by atoms with Crippen LogP contribution >= 0.6 is 0 Å². The molecule has 2 aromatic heterocycles. The van der Waals surface area contributed by atoms with Crippen molar-refractivity contribution in [2.24, 2.45) is 4.99 Å². The second kappa shape index (κ2) is 9.51. The van der Waals surface area contributed by atoms with Gasteiger partial charge in [0.25, 0.3) is 0 Å². The van der Waals surface area contributed by atoms with E-state index in [1.807, 2.05) is 74.1 Å². The third kappa shape index (κ3) is 5.14. The van der Waals surface area contributed by atoms with Crippen molar-refractivity contribution in [3.63, 3.8) is 0 Å². The van der Waals surface area contributed by atoms with Crippen molar-refractivity contribution in [1.29, 1.82) is 0 Å². The molecule has 0 spiro atoms. The zero-order valence-electron chi connectivity index (χ0n) is 18.1. The van der Waals surface area contributed by atoms with Crippen LogP contribution in [0.25, 0.3) is 5.82 Å². The van der Waals surface area contributed by atoms with Gasteiger partial charge in [0.15, 0.2) is 23.3 Å². The van der Waals surface area contributed by atoms with E-state index in [2.05, 4.69) is 25.7 Å². The molecule has 0 fully saturated rings. The van der Waals surface area contributed by atoms with Crippen LogP contribution in [0.15, 0.2) is 53.7 Å². The van der Waals surface area contributed by atoms with Crippen LogP contribution in [0.2, 0.25) is 0 Å². The third-order valence-electron chi connectivity index (χ3n) is 4.86. The van der Waals surface area contributed by atoms with Crippen molar-refractivity contribution in [3.05, 3.63) is 65.6 Å². The van der Waals surface area contributed by atoms with E-state index >= 15 is 0 Å². The molecule has 4 rings (SSSR count). The summed E-state index contributed by atoms with van der Waals surface area (Å²) in [6, 6.07) is 13.7. The van der Waals surface area contributed by atoms with Crippen molar-refractivity contribution < 1.29 is 9.47 Å². The molecular formula is C23H28N6O2. The van der Waals surface area contributed by atoms with Crippen LogP contribution in [-0.4, -0.2) is 46.5 Å². The molecule has 1 aliphatic rings. The van der Waals surface area contributed by atoms with Gasteiger partial charge in [-0.2, -0.15) is 5.10 Å². The number of para-hydroxylation sites is 2. The maximum atomic E-state index is 6.00. The van der Waals surface area contributed by atoms with Gasteiger partial charge in [0, 0.05) is 18.4 Å². The smallest absolute Gasteiger partial charge is 0.191 e. The molecule has 8 nitrogen and oxygen atoms in total. The van der Waals surface area contributed by atoms with Gasteiger partial charge >= 0.3 is 0 Å². The summed E-state index contributed by atoms with van der Waals surface area (Å²) >= 11 is 0. The Morgan fingerprint density at radius 3 is 2.71 bits per heavy atom. The van der Waals surface area contributed by atoms with E-state index in [1.54, 1.807) is 0 Å². The molecule has 0 radical (unpaired) electrons. The van der Waals surface area contributed by atoms with Gasteiger partial charge in [-0.15, -0.1) is 0 Å². The first-order valence-corrected chi connectivity index (χ1v) is 10.5. The molecule has 2 N–H and O–H groups in total. The molecule has 3 aromatic rings. The van der Waals surface area contributed by atoms with Crippen LogP contribution in [-0.2, 0) is 6.54 Å². The molecule has 1 atom stereocenters. The minimum absolute atomic E-state index is 0.0829. The topological polar surface area (TPSA) is 85.6 Å². The van der Waals surface area contributed by atoms with Crippen molar-refractivity contribution >= 4 is 5.96 Å². The minimum atomic E-state index is -0.0829. The largest absolute Gasteiger partial charge is 0.486 e. The first-order valence-electron chi connectivity index (χ1n) is 10.5. The Morgan fingerprint density at radius 2 is 2.00 bits per heavy atom. The van der Waals surface area contributed by atoms with Gasteiger partial charge in [-0.05, 0) is 50.6 Å². The quantitative estimate of drug-likeness (QED) is 0.471. The highest BCUT2D eigenvalue weighted by Crippen LogP contribution is 2.30. The lowest BCUT2D eigenvalue weighted by molar-refractivity contribution is 0.0936. The fourth-order valence-corrected chi connectivity index (χ4v) is 3.38. The highest BCUT2D eigenvalue weighted by molar-refractivity contribution is 5.79. The average Bonchev–Trinajstić information content (AvgIpc) is 3.13. The number of rotatable bonds is 6. The Morgan fingerprint density at radius 1 is 1.16 bits per heavy atom. The van der Waals surface area contributed by atoms with Crippen LogP contribution in [0, 0.1) is 13.8 Å². The van der Waals surface area contributed by atoms with Crippen molar-refractivity contribution in [2.45, 2.75) is 33.4 Å². The maximum Gasteiger partial charge on any atom is 0.191 e. The molecular weight excluding hydrogens is 392 g/mol. The Labute approximate surface area is 182 Å². The number of aromatic nitrogens is 3. The van der Waals surface area contributed by atoms with Gasteiger partial charge in [-0.25, -0.2) is 14.7 Å². The number of hydrogen-bond acceptors (Lipinski definition) is 5. The second-order valence-corrected chi connectivity index (χ2v) is 7.44. The van der Waals surface area contributed by atoms with Gasteiger partial charge in [-0.3, -0.25) is 0 Å². The Hall–Kier alpha value is -3.55. The van der Waals surface area contributed by atoms with E-state index in [4.69, 9.17) is 9.47 Å². The summed E-state index contributed by atoms with van der Waals surface area (Å²) in [5, 5.41) is 11.1. The first-order chi connectivity index (χ1) is 15.1. The Bertz CT molecular complexity index is 1040. The molecule has 1 unspecified atom stereocenters. The van der Waals surface area contributed by atoms with E-state index in [0.717, 1.165) is 46.8 Å². The summed E-state index contributed by atoms with van der Waals surface area (Å²) in [4.78, 5) is 9.21. The van der Waals surface area contributed by atoms with E-state index in [9.17, 15) is 0 Å². The number of aryl methyl sites for hydroxylation is 2. The summed E-state index contributed by atoms with van der Waals surface area (Å²) in [5.41, 5.74) is 3.06. The molecule has 0 saturated carbocycles. The monoisotopic (exact) mass is 420 g/mol. The standard InChI is InChI=1S/C23H28N6O2/c1-4-24-23(27-14-19-15-30-20-7-5-6-8-21(20)31-19)26-13-18-9-10-22(25-12-18)29-17(3)11-16(2)28-29/h5-12,19H,4,13-15H2,1-3H3,(H2,24,26,27). The number of nitrogens with one attached hydrogen (secondary N) is 2. The van der Waals surface area contributed by atoms with Crippen molar-refractivity contribution in [3.8, 4) is 17.3 Å². The Kier molecular flexibility index (Phi) is 6.35. The molecule has 0 amide bonds. The molecule has 0 aliphatic carbocycles. The lowest BCUT2D eigenvalue weighted by atomic mass is 10.2. The number of ether oxygens (including phenoxy) is 2. The number of guanidine groups is 1. The van der Waals surface area contributed by atoms with Gasteiger partial charge in [-0.1, -0.05) is 18.2 Å². The first kappa shape index (κ1) is 20.7. The molecule has 0 saturated heterocycles. The maximum absolute atomic E-state index is 6.00. The van der Waals surface area contributed by atoms with Crippen LogP contribution in [0.4, 0.5) is 0 Å². The predicted octanol–water partition coefficient (Wildman–Crippen LogP) is 2.78.